The molecular formula is C23H21FN4O4. The van der Waals surface area contributed by atoms with Crippen molar-refractivity contribution in [2.24, 2.45) is 0 Å². The molecule has 0 spiro atoms. The fourth-order valence-electron chi connectivity index (χ4n) is 3.10. The monoisotopic (exact) mass is 436 g/mol. The molecule has 0 bridgehead atoms. The number of nitrogens with zero attached hydrogens (tertiary/aromatic N) is 3. The maximum atomic E-state index is 13.8. The Bertz CT molecular complexity index is 1270. The average molecular weight is 436 g/mol. The first-order chi connectivity index (χ1) is 15.5. The van der Waals surface area contributed by atoms with E-state index in [9.17, 15) is 9.18 Å². The van der Waals surface area contributed by atoms with Gasteiger partial charge in [0.1, 0.15) is 5.75 Å². The number of aromatic nitrogens is 3. The molecule has 0 aliphatic heterocycles. The molecule has 0 fully saturated rings. The summed E-state index contributed by atoms with van der Waals surface area (Å²) >= 11 is 0. The second-order valence-electron chi connectivity index (χ2n) is 6.90. The van der Waals surface area contributed by atoms with Crippen LogP contribution in [0.4, 0.5) is 10.1 Å². The van der Waals surface area contributed by atoms with E-state index in [4.69, 9.17) is 14.2 Å². The summed E-state index contributed by atoms with van der Waals surface area (Å²) in [6.07, 6.45) is 0.821. The topological polar surface area (TPSA) is 87.0 Å². The van der Waals surface area contributed by atoms with Crippen LogP contribution in [0.1, 0.15) is 6.92 Å². The third-order valence-corrected chi connectivity index (χ3v) is 4.77. The summed E-state index contributed by atoms with van der Waals surface area (Å²) in [5, 5.41) is 7.09. The smallest absolute Gasteiger partial charge is 0.265 e. The van der Waals surface area contributed by atoms with Gasteiger partial charge in [0, 0.05) is 11.6 Å². The van der Waals surface area contributed by atoms with Gasteiger partial charge in [-0.25, -0.2) is 13.9 Å². The number of anilines is 1. The summed E-state index contributed by atoms with van der Waals surface area (Å²) in [5.41, 5.74) is 2.48. The second-order valence-corrected chi connectivity index (χ2v) is 6.90. The minimum absolute atomic E-state index is 0.00324. The van der Waals surface area contributed by atoms with Gasteiger partial charge < -0.3 is 19.5 Å². The Hall–Kier alpha value is -4.14. The number of hydrogen-bond donors (Lipinski definition) is 1. The van der Waals surface area contributed by atoms with Crippen molar-refractivity contribution in [3.63, 3.8) is 0 Å². The number of rotatable bonds is 7. The summed E-state index contributed by atoms with van der Waals surface area (Å²) in [4.78, 5) is 17.3. The largest absolute Gasteiger partial charge is 0.495 e. The minimum Gasteiger partial charge on any atom is -0.495 e. The van der Waals surface area contributed by atoms with Crippen molar-refractivity contribution in [3.05, 3.63) is 66.6 Å². The first-order valence-corrected chi connectivity index (χ1v) is 9.79. The average Bonchev–Trinajstić information content (AvgIpc) is 3.23. The normalized spacial score (nSPS) is 11.8. The number of para-hydroxylation sites is 1. The molecule has 0 radical (unpaired) electrons. The number of ether oxygens (including phenoxy) is 3. The Morgan fingerprint density at radius 3 is 2.62 bits per heavy atom. The Morgan fingerprint density at radius 2 is 1.88 bits per heavy atom. The summed E-state index contributed by atoms with van der Waals surface area (Å²) < 4.78 is 31.4. The van der Waals surface area contributed by atoms with Crippen molar-refractivity contribution in [3.8, 4) is 28.6 Å². The first-order valence-electron chi connectivity index (χ1n) is 9.79. The quantitative estimate of drug-likeness (QED) is 0.472. The molecule has 2 heterocycles. The summed E-state index contributed by atoms with van der Waals surface area (Å²) in [6.45, 7) is 1.54. The number of amides is 1. The van der Waals surface area contributed by atoms with Crippen LogP contribution < -0.4 is 19.5 Å². The van der Waals surface area contributed by atoms with E-state index in [0.717, 1.165) is 5.56 Å². The number of carbonyl (C=O) groups excluding carboxylic acids is 1. The Kier molecular flexibility index (Phi) is 5.89. The van der Waals surface area contributed by atoms with E-state index in [2.05, 4.69) is 15.4 Å². The summed E-state index contributed by atoms with van der Waals surface area (Å²) in [5.74, 6) is -0.0610. The molecule has 4 rings (SSSR count). The highest BCUT2D eigenvalue weighted by atomic mass is 19.1. The van der Waals surface area contributed by atoms with E-state index in [-0.39, 0.29) is 5.75 Å². The van der Waals surface area contributed by atoms with E-state index in [1.165, 1.54) is 19.2 Å². The van der Waals surface area contributed by atoms with Gasteiger partial charge in [-0.2, -0.15) is 0 Å². The molecule has 2 aromatic heterocycles. The number of halogens is 1. The van der Waals surface area contributed by atoms with Gasteiger partial charge in [-0.1, -0.05) is 12.1 Å². The van der Waals surface area contributed by atoms with Gasteiger partial charge in [0.05, 0.1) is 31.8 Å². The van der Waals surface area contributed by atoms with Crippen molar-refractivity contribution in [1.82, 2.24) is 14.6 Å². The van der Waals surface area contributed by atoms with Gasteiger partial charge in [-0.3, -0.25) is 4.79 Å². The maximum Gasteiger partial charge on any atom is 0.265 e. The van der Waals surface area contributed by atoms with Crippen molar-refractivity contribution >= 4 is 17.2 Å². The lowest BCUT2D eigenvalue weighted by molar-refractivity contribution is -0.122. The van der Waals surface area contributed by atoms with Gasteiger partial charge in [0.15, 0.2) is 23.3 Å². The zero-order chi connectivity index (χ0) is 22.7. The molecule has 32 heavy (non-hydrogen) atoms. The standard InChI is InChI=1S/C23H21FN4O4/c1-14(32-19-7-5-4-6-16(19)24)23(29)26-17-12-15(8-9-20(17)30-2)18-13-28-21(25-18)10-11-22(27-28)31-3/h4-14H,1-3H3,(H,26,29)/t14-/m0/s1. The highest BCUT2D eigenvalue weighted by molar-refractivity contribution is 5.96. The molecule has 0 saturated heterocycles. The third-order valence-electron chi connectivity index (χ3n) is 4.77. The Morgan fingerprint density at radius 1 is 1.06 bits per heavy atom. The molecule has 9 heteroatoms. The van der Waals surface area contributed by atoms with Crippen LogP contribution in [0.2, 0.25) is 0 Å². The molecule has 0 saturated carbocycles. The molecule has 0 aliphatic carbocycles. The van der Waals surface area contributed by atoms with Crippen LogP contribution in [0.25, 0.3) is 16.9 Å². The number of fused-ring (bicyclic) bond motifs is 1. The van der Waals surface area contributed by atoms with Gasteiger partial charge in [-0.15, -0.1) is 5.10 Å². The maximum absolute atomic E-state index is 13.8. The van der Waals surface area contributed by atoms with Crippen LogP contribution in [0.15, 0.2) is 60.8 Å². The lowest BCUT2D eigenvalue weighted by atomic mass is 10.1. The lowest BCUT2D eigenvalue weighted by Gasteiger charge is -2.17. The molecule has 0 unspecified atom stereocenters. The second kappa shape index (κ2) is 8.93. The molecular weight excluding hydrogens is 415 g/mol. The number of benzene rings is 2. The van der Waals surface area contributed by atoms with Crippen LogP contribution in [-0.2, 0) is 4.79 Å². The van der Waals surface area contributed by atoms with Crippen molar-refractivity contribution in [2.75, 3.05) is 19.5 Å². The van der Waals surface area contributed by atoms with Gasteiger partial charge in [-0.05, 0) is 43.3 Å². The Labute approximate surface area is 183 Å². The van der Waals surface area contributed by atoms with Gasteiger partial charge in [0.25, 0.3) is 5.91 Å². The SMILES string of the molecule is COc1ccc2nc(-c3ccc(OC)c(NC(=O)[C@H](C)Oc4ccccc4F)c3)cn2n1. The zero-order valence-corrected chi connectivity index (χ0v) is 17.7. The third kappa shape index (κ3) is 4.31. The van der Waals surface area contributed by atoms with Crippen LogP contribution in [0.5, 0.6) is 17.4 Å². The molecule has 1 amide bonds. The minimum atomic E-state index is -0.938. The van der Waals surface area contributed by atoms with E-state index < -0.39 is 17.8 Å². The van der Waals surface area contributed by atoms with Gasteiger partial charge >= 0.3 is 0 Å². The van der Waals surface area contributed by atoms with Crippen molar-refractivity contribution in [1.29, 1.82) is 0 Å². The molecule has 1 atom stereocenters. The Balaban J connectivity index is 1.58. The van der Waals surface area contributed by atoms with E-state index in [0.29, 0.717) is 28.7 Å². The van der Waals surface area contributed by atoms with Crippen molar-refractivity contribution in [2.45, 2.75) is 13.0 Å². The molecule has 4 aromatic rings. The van der Waals surface area contributed by atoms with Crippen LogP contribution >= 0.6 is 0 Å². The number of nitrogens with one attached hydrogen (secondary N) is 1. The molecule has 2 aromatic carbocycles. The molecule has 1 N–H and O–H groups in total. The van der Waals surface area contributed by atoms with Crippen LogP contribution in [0.3, 0.4) is 0 Å². The highest BCUT2D eigenvalue weighted by Crippen LogP contribution is 2.31. The highest BCUT2D eigenvalue weighted by Gasteiger charge is 2.19. The fraction of sp³-hybridized carbons (Fsp3) is 0.174. The number of methoxy groups -OCH3 is 2. The number of imidazole rings is 1. The predicted octanol–water partition coefficient (Wildman–Crippen LogP) is 3.96. The van der Waals surface area contributed by atoms with E-state index in [1.807, 2.05) is 6.07 Å². The molecule has 0 aliphatic rings. The summed E-state index contributed by atoms with van der Waals surface area (Å²) in [6, 6.07) is 14.7. The van der Waals surface area contributed by atoms with Crippen LogP contribution in [0, 0.1) is 5.82 Å². The van der Waals surface area contributed by atoms with Gasteiger partial charge in [0.2, 0.25) is 5.88 Å². The van der Waals surface area contributed by atoms with Crippen molar-refractivity contribution < 1.29 is 23.4 Å². The predicted molar refractivity (Wildman–Crippen MR) is 117 cm³/mol. The zero-order valence-electron chi connectivity index (χ0n) is 17.7. The summed E-state index contributed by atoms with van der Waals surface area (Å²) in [7, 11) is 3.05. The number of carbonyl (C=O) groups is 1. The van der Waals surface area contributed by atoms with Crippen LogP contribution in [-0.4, -0.2) is 40.8 Å². The fourth-order valence-corrected chi connectivity index (χ4v) is 3.10. The first kappa shape index (κ1) is 21.1. The molecule has 8 nitrogen and oxygen atoms in total. The number of hydrogen-bond acceptors (Lipinski definition) is 6. The van der Waals surface area contributed by atoms with E-state index >= 15 is 0 Å². The van der Waals surface area contributed by atoms with E-state index in [1.54, 1.807) is 61.1 Å². The molecule has 164 valence electrons. The lowest BCUT2D eigenvalue weighted by Crippen LogP contribution is -2.30.